The molecule has 0 aromatic heterocycles. The van der Waals surface area contributed by atoms with Crippen molar-refractivity contribution in [1.29, 1.82) is 0 Å². The van der Waals surface area contributed by atoms with Gasteiger partial charge in [-0.1, -0.05) is 24.3 Å². The van der Waals surface area contributed by atoms with Crippen molar-refractivity contribution in [3.05, 3.63) is 53.6 Å². The molecule has 0 radical (unpaired) electrons. The monoisotopic (exact) mass is 410 g/mol. The largest absolute Gasteiger partial charge is 0.493 e. The number of anilines is 1. The van der Waals surface area contributed by atoms with Crippen LogP contribution in [0.3, 0.4) is 0 Å². The van der Waals surface area contributed by atoms with Gasteiger partial charge in [-0.15, -0.1) is 0 Å². The standard InChI is InChI=1S/C23H30N4O3/c1-4-24-23(26-19-10-11-20(29-2)21(14-19)30-3)25-15-17-7-5-8-18(13-17)16-27-12-6-9-22(27)28/h5,7-8,10-11,13-14H,4,6,9,12,15-16H2,1-3H3,(H2,24,25,26). The Labute approximate surface area is 178 Å². The highest BCUT2D eigenvalue weighted by Gasteiger charge is 2.19. The molecule has 1 amide bonds. The SMILES string of the molecule is CCNC(=NCc1cccc(CN2CCCC2=O)c1)Nc1ccc(OC)c(OC)c1. The van der Waals surface area contributed by atoms with E-state index in [9.17, 15) is 4.79 Å². The fourth-order valence-corrected chi connectivity index (χ4v) is 3.45. The first-order chi connectivity index (χ1) is 14.6. The third kappa shape index (κ3) is 5.65. The molecule has 1 aliphatic rings. The average molecular weight is 411 g/mol. The first kappa shape index (κ1) is 21.5. The molecular formula is C23H30N4O3. The summed E-state index contributed by atoms with van der Waals surface area (Å²) < 4.78 is 10.7. The van der Waals surface area contributed by atoms with E-state index in [1.807, 2.05) is 36.1 Å². The number of nitrogens with one attached hydrogen (secondary N) is 2. The second kappa shape index (κ2) is 10.5. The Kier molecular flexibility index (Phi) is 7.54. The van der Waals surface area contributed by atoms with Crippen molar-refractivity contribution < 1.29 is 14.3 Å². The summed E-state index contributed by atoms with van der Waals surface area (Å²) in [6.45, 7) is 4.82. The van der Waals surface area contributed by atoms with E-state index in [1.54, 1.807) is 14.2 Å². The number of carbonyl (C=O) groups is 1. The Balaban J connectivity index is 1.68. The van der Waals surface area contributed by atoms with Gasteiger partial charge in [0.1, 0.15) is 0 Å². The van der Waals surface area contributed by atoms with E-state index >= 15 is 0 Å². The number of ether oxygens (including phenoxy) is 2. The number of hydrogen-bond donors (Lipinski definition) is 2. The van der Waals surface area contributed by atoms with E-state index < -0.39 is 0 Å². The topological polar surface area (TPSA) is 75.2 Å². The number of hydrogen-bond acceptors (Lipinski definition) is 4. The van der Waals surface area contributed by atoms with Crippen molar-refractivity contribution in [2.45, 2.75) is 32.9 Å². The van der Waals surface area contributed by atoms with Crippen LogP contribution in [0.1, 0.15) is 30.9 Å². The molecule has 0 saturated carbocycles. The fraction of sp³-hybridized carbons (Fsp3) is 0.391. The van der Waals surface area contributed by atoms with Crippen LogP contribution in [-0.2, 0) is 17.9 Å². The number of benzene rings is 2. The zero-order valence-corrected chi connectivity index (χ0v) is 17.9. The zero-order chi connectivity index (χ0) is 21.3. The quantitative estimate of drug-likeness (QED) is 0.515. The van der Waals surface area contributed by atoms with Crippen molar-refractivity contribution in [2.75, 3.05) is 32.6 Å². The number of carbonyl (C=O) groups excluding carboxylic acids is 1. The summed E-state index contributed by atoms with van der Waals surface area (Å²) in [7, 11) is 3.23. The summed E-state index contributed by atoms with van der Waals surface area (Å²) in [6, 6.07) is 13.9. The first-order valence-corrected chi connectivity index (χ1v) is 10.3. The summed E-state index contributed by atoms with van der Waals surface area (Å²) in [6.07, 6.45) is 1.62. The number of nitrogens with zero attached hydrogens (tertiary/aromatic N) is 2. The van der Waals surface area contributed by atoms with E-state index in [0.29, 0.717) is 37.0 Å². The summed E-state index contributed by atoms with van der Waals surface area (Å²) in [5.74, 6) is 2.26. The van der Waals surface area contributed by atoms with Crippen molar-refractivity contribution in [3.8, 4) is 11.5 Å². The molecule has 2 aromatic rings. The van der Waals surface area contributed by atoms with Crippen LogP contribution >= 0.6 is 0 Å². The van der Waals surface area contributed by atoms with Crippen LogP contribution in [0.5, 0.6) is 11.5 Å². The van der Waals surface area contributed by atoms with E-state index in [0.717, 1.165) is 36.3 Å². The maximum atomic E-state index is 11.9. The van der Waals surface area contributed by atoms with Gasteiger partial charge in [-0.05, 0) is 36.6 Å². The van der Waals surface area contributed by atoms with E-state index in [4.69, 9.17) is 14.5 Å². The van der Waals surface area contributed by atoms with Crippen molar-refractivity contribution in [1.82, 2.24) is 10.2 Å². The molecule has 3 rings (SSSR count). The third-order valence-electron chi connectivity index (χ3n) is 4.95. The van der Waals surface area contributed by atoms with Gasteiger partial charge in [0.25, 0.3) is 0 Å². The average Bonchev–Trinajstić information content (AvgIpc) is 3.16. The van der Waals surface area contributed by atoms with Gasteiger partial charge in [-0.2, -0.15) is 0 Å². The molecule has 2 N–H and O–H groups in total. The van der Waals surface area contributed by atoms with Gasteiger partial charge >= 0.3 is 0 Å². The van der Waals surface area contributed by atoms with Gasteiger partial charge in [0.15, 0.2) is 17.5 Å². The maximum Gasteiger partial charge on any atom is 0.222 e. The van der Waals surface area contributed by atoms with Gasteiger partial charge in [-0.3, -0.25) is 4.79 Å². The smallest absolute Gasteiger partial charge is 0.222 e. The number of methoxy groups -OCH3 is 2. The molecule has 0 bridgehead atoms. The second-order valence-corrected chi connectivity index (χ2v) is 7.13. The number of aliphatic imine (C=N–C) groups is 1. The van der Waals surface area contributed by atoms with Crippen molar-refractivity contribution >= 4 is 17.6 Å². The number of guanidine groups is 1. The number of rotatable bonds is 8. The molecule has 0 spiro atoms. The lowest BCUT2D eigenvalue weighted by Gasteiger charge is -2.16. The summed E-state index contributed by atoms with van der Waals surface area (Å²) in [4.78, 5) is 18.5. The zero-order valence-electron chi connectivity index (χ0n) is 17.9. The van der Waals surface area contributed by atoms with Gasteiger partial charge in [-0.25, -0.2) is 4.99 Å². The molecule has 1 heterocycles. The van der Waals surface area contributed by atoms with Crippen LogP contribution in [0.25, 0.3) is 0 Å². The molecule has 1 fully saturated rings. The Bertz CT molecular complexity index is 898. The van der Waals surface area contributed by atoms with Crippen LogP contribution in [0, 0.1) is 0 Å². The fourth-order valence-electron chi connectivity index (χ4n) is 3.45. The first-order valence-electron chi connectivity index (χ1n) is 10.3. The highest BCUT2D eigenvalue weighted by atomic mass is 16.5. The third-order valence-corrected chi connectivity index (χ3v) is 4.95. The van der Waals surface area contributed by atoms with Gasteiger partial charge in [0.2, 0.25) is 5.91 Å². The molecular weight excluding hydrogens is 380 g/mol. The number of likely N-dealkylation sites (tertiary alicyclic amines) is 1. The molecule has 30 heavy (non-hydrogen) atoms. The molecule has 0 aliphatic carbocycles. The summed E-state index contributed by atoms with van der Waals surface area (Å²) >= 11 is 0. The van der Waals surface area contributed by atoms with Gasteiger partial charge in [0.05, 0.1) is 20.8 Å². The molecule has 7 heteroatoms. The van der Waals surface area contributed by atoms with Crippen molar-refractivity contribution in [3.63, 3.8) is 0 Å². The maximum absolute atomic E-state index is 11.9. The lowest BCUT2D eigenvalue weighted by atomic mass is 10.1. The van der Waals surface area contributed by atoms with Gasteiger partial charge in [0, 0.05) is 37.8 Å². The molecule has 7 nitrogen and oxygen atoms in total. The predicted octanol–water partition coefficient (Wildman–Crippen LogP) is 3.40. The molecule has 0 atom stereocenters. The highest BCUT2D eigenvalue weighted by molar-refractivity contribution is 5.93. The second-order valence-electron chi connectivity index (χ2n) is 7.13. The number of amides is 1. The van der Waals surface area contributed by atoms with E-state index in [-0.39, 0.29) is 5.91 Å². The van der Waals surface area contributed by atoms with Gasteiger partial charge < -0.3 is 25.0 Å². The minimum Gasteiger partial charge on any atom is -0.493 e. The predicted molar refractivity (Wildman–Crippen MR) is 119 cm³/mol. The van der Waals surface area contributed by atoms with E-state index in [1.165, 1.54) is 0 Å². The Hall–Kier alpha value is -3.22. The minimum atomic E-state index is 0.243. The lowest BCUT2D eigenvalue weighted by Crippen LogP contribution is -2.30. The normalized spacial score (nSPS) is 14.0. The Morgan fingerprint density at radius 1 is 1.10 bits per heavy atom. The van der Waals surface area contributed by atoms with Crippen LogP contribution in [0.2, 0.25) is 0 Å². The molecule has 1 saturated heterocycles. The van der Waals surface area contributed by atoms with Crippen LogP contribution in [-0.4, -0.2) is 44.1 Å². The van der Waals surface area contributed by atoms with E-state index in [2.05, 4.69) is 28.8 Å². The van der Waals surface area contributed by atoms with Crippen molar-refractivity contribution in [2.24, 2.45) is 4.99 Å². The molecule has 160 valence electrons. The molecule has 2 aromatic carbocycles. The lowest BCUT2D eigenvalue weighted by molar-refractivity contribution is -0.128. The molecule has 0 unspecified atom stereocenters. The minimum absolute atomic E-state index is 0.243. The highest BCUT2D eigenvalue weighted by Crippen LogP contribution is 2.29. The Morgan fingerprint density at radius 2 is 1.90 bits per heavy atom. The molecule has 1 aliphatic heterocycles. The summed E-state index contributed by atoms with van der Waals surface area (Å²) in [5, 5.41) is 6.57. The Morgan fingerprint density at radius 3 is 2.60 bits per heavy atom. The summed E-state index contributed by atoms with van der Waals surface area (Å²) in [5.41, 5.74) is 3.09. The van der Waals surface area contributed by atoms with Crippen LogP contribution < -0.4 is 20.1 Å². The van der Waals surface area contributed by atoms with Crippen LogP contribution in [0.4, 0.5) is 5.69 Å². The van der Waals surface area contributed by atoms with Crippen LogP contribution in [0.15, 0.2) is 47.5 Å².